The monoisotopic (exact) mass is 152 g/mol. The predicted octanol–water partition coefficient (Wildman–Crippen LogP) is 2.03. The van der Waals surface area contributed by atoms with E-state index in [2.05, 4.69) is 21.0 Å². The first-order valence-electron chi connectivity index (χ1n) is 3.25. The second-order valence-corrected chi connectivity index (χ2v) is 3.30. The number of imidazole rings is 1. The van der Waals surface area contributed by atoms with Crippen LogP contribution < -0.4 is 0 Å². The van der Waals surface area contributed by atoms with Crippen LogP contribution in [0.3, 0.4) is 0 Å². The number of allylic oxidation sites excluding steroid dienone is 1. The van der Waals surface area contributed by atoms with E-state index in [1.165, 1.54) is 0 Å². The molecule has 1 unspecified atom stereocenters. The highest BCUT2D eigenvalue weighted by atomic mass is 32.2. The van der Waals surface area contributed by atoms with Gasteiger partial charge in [0, 0.05) is 12.4 Å². The summed E-state index contributed by atoms with van der Waals surface area (Å²) in [6, 6.07) is 0. The van der Waals surface area contributed by atoms with E-state index in [0.717, 1.165) is 6.42 Å². The molecule has 3 heteroatoms. The Balaban J connectivity index is 2.14. The lowest BCUT2D eigenvalue weighted by Crippen LogP contribution is -1.97. The molecular weight excluding hydrogens is 144 g/mol. The van der Waals surface area contributed by atoms with Crippen molar-refractivity contribution in [2.24, 2.45) is 0 Å². The summed E-state index contributed by atoms with van der Waals surface area (Å²) in [6.45, 7) is 0. The average molecular weight is 152 g/mol. The predicted molar refractivity (Wildman–Crippen MR) is 42.6 cm³/mol. The second-order valence-electron chi connectivity index (χ2n) is 2.21. The maximum Gasteiger partial charge on any atom is 0.0955 e. The van der Waals surface area contributed by atoms with Gasteiger partial charge in [0.1, 0.15) is 0 Å². The summed E-state index contributed by atoms with van der Waals surface area (Å²) in [7, 11) is 0. The van der Waals surface area contributed by atoms with Gasteiger partial charge >= 0.3 is 0 Å². The molecule has 2 heterocycles. The highest BCUT2D eigenvalue weighted by molar-refractivity contribution is 8.02. The quantitative estimate of drug-likeness (QED) is 0.612. The van der Waals surface area contributed by atoms with E-state index < -0.39 is 0 Å². The van der Waals surface area contributed by atoms with E-state index in [1.54, 1.807) is 0 Å². The van der Waals surface area contributed by atoms with Crippen LogP contribution in [0.15, 0.2) is 30.2 Å². The van der Waals surface area contributed by atoms with Crippen LogP contribution >= 0.6 is 11.8 Å². The van der Waals surface area contributed by atoms with E-state index in [1.807, 2.05) is 30.5 Å². The number of aromatic nitrogens is 2. The van der Waals surface area contributed by atoms with Crippen molar-refractivity contribution in [1.82, 2.24) is 9.55 Å². The molecule has 2 nitrogen and oxygen atoms in total. The Morgan fingerprint density at radius 3 is 3.20 bits per heavy atom. The van der Waals surface area contributed by atoms with Gasteiger partial charge < -0.3 is 4.57 Å². The molecule has 0 fully saturated rings. The molecule has 0 saturated carbocycles. The summed E-state index contributed by atoms with van der Waals surface area (Å²) in [5.74, 6) is 0. The largest absolute Gasteiger partial charge is 0.324 e. The first-order chi connectivity index (χ1) is 4.97. The smallest absolute Gasteiger partial charge is 0.0955 e. The van der Waals surface area contributed by atoms with Crippen molar-refractivity contribution in [3.63, 3.8) is 0 Å². The van der Waals surface area contributed by atoms with Crippen LogP contribution in [0.2, 0.25) is 0 Å². The van der Waals surface area contributed by atoms with E-state index in [4.69, 9.17) is 0 Å². The molecule has 1 atom stereocenters. The SMILES string of the molecule is C1=CSC(n2ccnc2)C1. The van der Waals surface area contributed by atoms with Gasteiger partial charge in [0.15, 0.2) is 0 Å². The van der Waals surface area contributed by atoms with Crippen LogP contribution in [0, 0.1) is 0 Å². The van der Waals surface area contributed by atoms with Gasteiger partial charge in [0.2, 0.25) is 0 Å². The molecule has 0 N–H and O–H groups in total. The number of hydrogen-bond donors (Lipinski definition) is 0. The molecule has 0 aliphatic carbocycles. The average Bonchev–Trinajstić information content (AvgIpc) is 2.59. The molecule has 1 aromatic rings. The molecule has 10 heavy (non-hydrogen) atoms. The Kier molecular flexibility index (Phi) is 1.51. The topological polar surface area (TPSA) is 17.8 Å². The van der Waals surface area contributed by atoms with Gasteiger partial charge in [-0.25, -0.2) is 4.98 Å². The number of thioether (sulfide) groups is 1. The maximum absolute atomic E-state index is 3.99. The first kappa shape index (κ1) is 6.04. The number of rotatable bonds is 1. The van der Waals surface area contributed by atoms with E-state index in [9.17, 15) is 0 Å². The summed E-state index contributed by atoms with van der Waals surface area (Å²) >= 11 is 1.84. The van der Waals surface area contributed by atoms with Crippen LogP contribution in [0.4, 0.5) is 0 Å². The Morgan fingerprint density at radius 2 is 2.60 bits per heavy atom. The highest BCUT2D eigenvalue weighted by Gasteiger charge is 2.10. The molecule has 0 amide bonds. The molecule has 1 aliphatic rings. The van der Waals surface area contributed by atoms with Gasteiger partial charge in [-0.3, -0.25) is 0 Å². The van der Waals surface area contributed by atoms with E-state index in [0.29, 0.717) is 5.37 Å². The molecule has 0 aromatic carbocycles. The summed E-state index contributed by atoms with van der Waals surface area (Å²) in [5.41, 5.74) is 0. The van der Waals surface area contributed by atoms with Crippen molar-refractivity contribution in [3.05, 3.63) is 30.2 Å². The van der Waals surface area contributed by atoms with Crippen LogP contribution in [0.1, 0.15) is 11.8 Å². The molecule has 0 saturated heterocycles. The number of nitrogens with zero attached hydrogens (tertiary/aromatic N) is 2. The maximum atomic E-state index is 3.99. The minimum Gasteiger partial charge on any atom is -0.324 e. The molecule has 0 radical (unpaired) electrons. The Morgan fingerprint density at radius 1 is 1.60 bits per heavy atom. The van der Waals surface area contributed by atoms with Crippen LogP contribution in [0.25, 0.3) is 0 Å². The minimum absolute atomic E-state index is 0.558. The fourth-order valence-corrected chi connectivity index (χ4v) is 1.90. The fourth-order valence-electron chi connectivity index (χ4n) is 1.01. The normalized spacial score (nSPS) is 23.8. The Labute approximate surface area is 64.0 Å². The van der Waals surface area contributed by atoms with Gasteiger partial charge in [-0.1, -0.05) is 6.08 Å². The lowest BCUT2D eigenvalue weighted by Gasteiger charge is -2.08. The fraction of sp³-hybridized carbons (Fsp3) is 0.286. The van der Waals surface area contributed by atoms with Gasteiger partial charge in [0.25, 0.3) is 0 Å². The summed E-state index contributed by atoms with van der Waals surface area (Å²) in [6.07, 6.45) is 9.00. The lowest BCUT2D eigenvalue weighted by molar-refractivity contribution is 0.696. The summed E-state index contributed by atoms with van der Waals surface area (Å²) in [4.78, 5) is 3.99. The van der Waals surface area contributed by atoms with E-state index >= 15 is 0 Å². The molecule has 0 spiro atoms. The zero-order chi connectivity index (χ0) is 6.81. The first-order valence-corrected chi connectivity index (χ1v) is 4.19. The third kappa shape index (κ3) is 0.968. The molecule has 1 aliphatic heterocycles. The van der Waals surface area contributed by atoms with Crippen molar-refractivity contribution >= 4 is 11.8 Å². The minimum atomic E-state index is 0.558. The second kappa shape index (κ2) is 2.50. The number of hydrogen-bond acceptors (Lipinski definition) is 2. The van der Waals surface area contributed by atoms with Gasteiger partial charge in [-0.2, -0.15) is 0 Å². The zero-order valence-electron chi connectivity index (χ0n) is 5.47. The molecule has 2 rings (SSSR count). The summed E-state index contributed by atoms with van der Waals surface area (Å²) in [5, 5.41) is 2.70. The van der Waals surface area contributed by atoms with Gasteiger partial charge in [-0.05, 0) is 11.8 Å². The van der Waals surface area contributed by atoms with Gasteiger partial charge in [0.05, 0.1) is 11.7 Å². The molecular formula is C7H8N2S. The van der Waals surface area contributed by atoms with Gasteiger partial charge in [-0.15, -0.1) is 11.8 Å². The van der Waals surface area contributed by atoms with Crippen LogP contribution in [0.5, 0.6) is 0 Å². The molecule has 1 aromatic heterocycles. The van der Waals surface area contributed by atoms with Crippen molar-refractivity contribution < 1.29 is 0 Å². The Bertz CT molecular complexity index is 220. The lowest BCUT2D eigenvalue weighted by atomic mass is 10.4. The molecule has 52 valence electrons. The van der Waals surface area contributed by atoms with Crippen molar-refractivity contribution in [2.45, 2.75) is 11.8 Å². The van der Waals surface area contributed by atoms with Crippen molar-refractivity contribution in [2.75, 3.05) is 0 Å². The van der Waals surface area contributed by atoms with Crippen LogP contribution in [-0.2, 0) is 0 Å². The van der Waals surface area contributed by atoms with E-state index in [-0.39, 0.29) is 0 Å². The van der Waals surface area contributed by atoms with Crippen LogP contribution in [-0.4, -0.2) is 9.55 Å². The highest BCUT2D eigenvalue weighted by Crippen LogP contribution is 2.32. The van der Waals surface area contributed by atoms with Crippen molar-refractivity contribution in [3.8, 4) is 0 Å². The third-order valence-corrected chi connectivity index (χ3v) is 2.63. The standard InChI is InChI=1S/C7H8N2S/c1-2-7(10-5-1)9-4-3-8-6-9/h1,3-7H,2H2. The summed E-state index contributed by atoms with van der Waals surface area (Å²) < 4.78 is 2.13. The van der Waals surface area contributed by atoms with Crippen molar-refractivity contribution in [1.29, 1.82) is 0 Å². The third-order valence-electron chi connectivity index (χ3n) is 1.53. The Hall–Kier alpha value is -0.700. The molecule has 0 bridgehead atoms. The zero-order valence-corrected chi connectivity index (χ0v) is 6.29.